The molecule has 0 aliphatic carbocycles. The van der Waals surface area contributed by atoms with Crippen LogP contribution >= 0.6 is 46.7 Å². The first kappa shape index (κ1) is 24.5. The van der Waals surface area contributed by atoms with Crippen LogP contribution in [0.25, 0.3) is 0 Å². The van der Waals surface area contributed by atoms with Crippen molar-refractivity contribution >= 4 is 52.6 Å². The molecule has 3 rings (SSSR count). The number of aliphatic imine (C=N–C) groups is 1. The van der Waals surface area contributed by atoms with E-state index in [0.717, 1.165) is 50.9 Å². The molecule has 162 valence electrons. The van der Waals surface area contributed by atoms with Crippen molar-refractivity contribution in [2.24, 2.45) is 4.99 Å². The maximum absolute atomic E-state index is 5.73. The van der Waals surface area contributed by atoms with Crippen LogP contribution in [0.5, 0.6) is 0 Å². The molecule has 29 heavy (non-hydrogen) atoms. The van der Waals surface area contributed by atoms with E-state index in [1.54, 1.807) is 11.3 Å². The summed E-state index contributed by atoms with van der Waals surface area (Å²) in [5, 5.41) is 10.3. The Balaban J connectivity index is 0.00000300. The normalized spacial score (nSPS) is 18.9. The first-order chi connectivity index (χ1) is 13.6. The minimum Gasteiger partial charge on any atom is -0.376 e. The Morgan fingerprint density at radius 2 is 2.24 bits per heavy atom. The lowest BCUT2D eigenvalue weighted by atomic mass is 10.1. The lowest BCUT2D eigenvalue weighted by Gasteiger charge is -2.37. The number of aromatic nitrogens is 1. The molecule has 1 fully saturated rings. The van der Waals surface area contributed by atoms with Crippen LogP contribution in [0.3, 0.4) is 0 Å². The zero-order valence-electron chi connectivity index (χ0n) is 17.6. The van der Waals surface area contributed by atoms with E-state index in [2.05, 4.69) is 63.8 Å². The molecule has 1 saturated heterocycles. The second kappa shape index (κ2) is 12.2. The summed E-state index contributed by atoms with van der Waals surface area (Å²) in [5.74, 6) is 0.841. The molecule has 0 spiro atoms. The highest BCUT2D eigenvalue weighted by Gasteiger charge is 2.26. The van der Waals surface area contributed by atoms with E-state index < -0.39 is 0 Å². The Bertz CT molecular complexity index is 746. The monoisotopic (exact) mass is 549 g/mol. The van der Waals surface area contributed by atoms with Gasteiger partial charge in [0.15, 0.2) is 5.96 Å². The number of ether oxygens (including phenoxy) is 1. The molecule has 0 amide bonds. The molecular weight excluding hydrogens is 517 g/mol. The van der Waals surface area contributed by atoms with Crippen molar-refractivity contribution in [2.45, 2.75) is 39.3 Å². The molecule has 2 N–H and O–H groups in total. The summed E-state index contributed by atoms with van der Waals surface area (Å²) in [6.07, 6.45) is 1.19. The zero-order valence-corrected chi connectivity index (χ0v) is 21.6. The molecule has 2 atom stereocenters. The summed E-state index contributed by atoms with van der Waals surface area (Å²) < 4.78 is 5.73. The van der Waals surface area contributed by atoms with Gasteiger partial charge in [-0.05, 0) is 32.2 Å². The Kier molecular flexibility index (Phi) is 10.3. The van der Waals surface area contributed by atoms with Gasteiger partial charge < -0.3 is 15.4 Å². The first-order valence-corrected chi connectivity index (χ1v) is 11.5. The van der Waals surface area contributed by atoms with Gasteiger partial charge in [0, 0.05) is 49.4 Å². The number of guanidine groups is 1. The Hall–Kier alpha value is -0.750. The number of hydrogen-bond acceptors (Lipinski definition) is 6. The van der Waals surface area contributed by atoms with Crippen molar-refractivity contribution in [1.29, 1.82) is 0 Å². The molecule has 2 aromatic rings. The highest BCUT2D eigenvalue weighted by Crippen LogP contribution is 2.26. The average Bonchev–Trinajstić information content (AvgIpc) is 3.31. The standard InChI is InChI=1S/C20H31N5OS2.HI/c1-14-13-25(9-10-26-14)17(18-6-5-11-27-18)12-23-20(21-4)22-8-7-19-24-15(2)16(3)28-19;/h5-6,11,14,17H,7-10,12-13H2,1-4H3,(H2,21,22,23);1H. The fraction of sp³-hybridized carbons (Fsp3) is 0.600. The van der Waals surface area contributed by atoms with Crippen LogP contribution in [0.2, 0.25) is 0 Å². The van der Waals surface area contributed by atoms with E-state index in [-0.39, 0.29) is 30.1 Å². The molecule has 1 aliphatic rings. The summed E-state index contributed by atoms with van der Waals surface area (Å²) in [4.78, 5) is 14.2. The van der Waals surface area contributed by atoms with Gasteiger partial charge in [0.1, 0.15) is 0 Å². The number of hydrogen-bond donors (Lipinski definition) is 2. The van der Waals surface area contributed by atoms with Crippen molar-refractivity contribution in [3.63, 3.8) is 0 Å². The molecule has 3 heterocycles. The van der Waals surface area contributed by atoms with Gasteiger partial charge in [-0.25, -0.2) is 4.98 Å². The summed E-state index contributed by atoms with van der Waals surface area (Å²) in [5.41, 5.74) is 1.14. The molecule has 9 heteroatoms. The van der Waals surface area contributed by atoms with Gasteiger partial charge in [-0.3, -0.25) is 9.89 Å². The van der Waals surface area contributed by atoms with Crippen LogP contribution < -0.4 is 10.6 Å². The molecule has 2 unspecified atom stereocenters. The van der Waals surface area contributed by atoms with Gasteiger partial charge in [0.2, 0.25) is 0 Å². The van der Waals surface area contributed by atoms with E-state index in [1.165, 1.54) is 14.8 Å². The SMILES string of the molecule is CN=C(NCCc1nc(C)c(C)s1)NCC(c1cccs1)N1CCOC(C)C1.I. The molecule has 1 aliphatic heterocycles. The largest absolute Gasteiger partial charge is 0.376 e. The van der Waals surface area contributed by atoms with Crippen molar-refractivity contribution in [1.82, 2.24) is 20.5 Å². The third-order valence-electron chi connectivity index (χ3n) is 4.98. The van der Waals surface area contributed by atoms with E-state index in [4.69, 9.17) is 4.74 Å². The molecule has 0 bridgehead atoms. The number of rotatable bonds is 7. The first-order valence-electron chi connectivity index (χ1n) is 9.83. The number of thiazole rings is 1. The van der Waals surface area contributed by atoms with E-state index in [1.807, 2.05) is 18.4 Å². The van der Waals surface area contributed by atoms with Crippen LogP contribution in [0, 0.1) is 13.8 Å². The minimum absolute atomic E-state index is 0. The van der Waals surface area contributed by atoms with Crippen molar-refractivity contribution in [3.05, 3.63) is 38.0 Å². The number of thiophene rings is 1. The highest BCUT2D eigenvalue weighted by atomic mass is 127. The van der Waals surface area contributed by atoms with Gasteiger partial charge in [-0.1, -0.05) is 6.07 Å². The summed E-state index contributed by atoms with van der Waals surface area (Å²) in [6, 6.07) is 4.68. The zero-order chi connectivity index (χ0) is 19.9. The predicted octanol–water partition coefficient (Wildman–Crippen LogP) is 3.61. The molecule has 0 aromatic carbocycles. The van der Waals surface area contributed by atoms with Gasteiger partial charge >= 0.3 is 0 Å². The highest BCUT2D eigenvalue weighted by molar-refractivity contribution is 14.0. The van der Waals surface area contributed by atoms with Crippen LogP contribution in [0.4, 0.5) is 0 Å². The Morgan fingerprint density at radius 3 is 2.86 bits per heavy atom. The Labute approximate surface area is 199 Å². The van der Waals surface area contributed by atoms with Crippen molar-refractivity contribution in [2.75, 3.05) is 39.8 Å². The van der Waals surface area contributed by atoms with Crippen LogP contribution in [0.1, 0.15) is 33.4 Å². The summed E-state index contributed by atoms with van der Waals surface area (Å²) >= 11 is 3.59. The maximum Gasteiger partial charge on any atom is 0.191 e. The van der Waals surface area contributed by atoms with Crippen molar-refractivity contribution < 1.29 is 4.74 Å². The molecule has 6 nitrogen and oxygen atoms in total. The van der Waals surface area contributed by atoms with Crippen molar-refractivity contribution in [3.8, 4) is 0 Å². The third-order valence-corrected chi connectivity index (χ3v) is 7.08. The minimum atomic E-state index is 0. The smallest absolute Gasteiger partial charge is 0.191 e. The van der Waals surface area contributed by atoms with Crippen LogP contribution in [0.15, 0.2) is 22.5 Å². The fourth-order valence-electron chi connectivity index (χ4n) is 3.37. The number of aryl methyl sites for hydroxylation is 2. The van der Waals surface area contributed by atoms with E-state index in [9.17, 15) is 0 Å². The second-order valence-corrected chi connectivity index (χ2v) is 9.35. The predicted molar refractivity (Wildman–Crippen MR) is 134 cm³/mol. The fourth-order valence-corrected chi connectivity index (χ4v) is 5.16. The molecule has 0 saturated carbocycles. The van der Waals surface area contributed by atoms with E-state index in [0.29, 0.717) is 6.04 Å². The maximum atomic E-state index is 5.73. The molecule has 2 aromatic heterocycles. The lowest BCUT2D eigenvalue weighted by molar-refractivity contribution is -0.0334. The van der Waals surface area contributed by atoms with Crippen LogP contribution in [-0.2, 0) is 11.2 Å². The third kappa shape index (κ3) is 7.16. The van der Waals surface area contributed by atoms with Gasteiger partial charge in [0.05, 0.1) is 29.5 Å². The Morgan fingerprint density at radius 1 is 1.41 bits per heavy atom. The van der Waals surface area contributed by atoms with Gasteiger partial charge in [-0.15, -0.1) is 46.7 Å². The molecule has 0 radical (unpaired) electrons. The number of morpholine rings is 1. The van der Waals surface area contributed by atoms with Crippen LogP contribution in [-0.4, -0.2) is 61.8 Å². The summed E-state index contributed by atoms with van der Waals surface area (Å²) in [7, 11) is 1.82. The number of nitrogens with one attached hydrogen (secondary N) is 2. The molecular formula is C20H32IN5OS2. The lowest BCUT2D eigenvalue weighted by Crippen LogP contribution is -2.48. The average molecular weight is 550 g/mol. The number of nitrogens with zero attached hydrogens (tertiary/aromatic N) is 3. The quantitative estimate of drug-likeness (QED) is 0.314. The summed E-state index contributed by atoms with van der Waals surface area (Å²) in [6.45, 7) is 10.7. The van der Waals surface area contributed by atoms with E-state index >= 15 is 0 Å². The van der Waals surface area contributed by atoms with Gasteiger partial charge in [-0.2, -0.15) is 0 Å². The number of halogens is 1. The van der Waals surface area contributed by atoms with Gasteiger partial charge in [0.25, 0.3) is 0 Å². The second-order valence-electron chi connectivity index (χ2n) is 7.09. The topological polar surface area (TPSA) is 61.8 Å².